The second-order valence-corrected chi connectivity index (χ2v) is 6.07. The summed E-state index contributed by atoms with van der Waals surface area (Å²) in [7, 11) is 1.36. The summed E-state index contributed by atoms with van der Waals surface area (Å²) in [6, 6.07) is 0. The highest BCUT2D eigenvalue weighted by molar-refractivity contribution is 9.11. The van der Waals surface area contributed by atoms with Gasteiger partial charge in [0.15, 0.2) is 3.92 Å². The van der Waals surface area contributed by atoms with Crippen LogP contribution >= 0.6 is 27.3 Å². The number of thiazole rings is 1. The minimum absolute atomic E-state index is 0.253. The topological polar surface area (TPSA) is 68.3 Å². The maximum atomic E-state index is 11.7. The standard InChI is InChI=1S/C10H11BrN2O3S/c1-16-8(15)10(2-3-10)5-12-7(14)6-4-17-9(11)13-6/h4H,2-3,5H2,1H3,(H,12,14). The molecule has 92 valence electrons. The molecule has 1 aliphatic rings. The summed E-state index contributed by atoms with van der Waals surface area (Å²) in [5, 5.41) is 4.38. The van der Waals surface area contributed by atoms with Crippen LogP contribution in [0.5, 0.6) is 0 Å². The molecule has 5 nitrogen and oxygen atoms in total. The average molecular weight is 319 g/mol. The number of rotatable bonds is 4. The predicted molar refractivity (Wildman–Crippen MR) is 65.8 cm³/mol. The first-order valence-electron chi connectivity index (χ1n) is 5.05. The summed E-state index contributed by atoms with van der Waals surface area (Å²) in [6.45, 7) is 0.313. The summed E-state index contributed by atoms with van der Waals surface area (Å²) in [6.07, 6.45) is 1.53. The van der Waals surface area contributed by atoms with Crippen LogP contribution in [-0.2, 0) is 9.53 Å². The van der Waals surface area contributed by atoms with Gasteiger partial charge in [-0.2, -0.15) is 0 Å². The maximum Gasteiger partial charge on any atom is 0.313 e. The van der Waals surface area contributed by atoms with E-state index in [-0.39, 0.29) is 11.9 Å². The van der Waals surface area contributed by atoms with E-state index in [0.717, 1.165) is 12.8 Å². The molecule has 1 aliphatic carbocycles. The summed E-state index contributed by atoms with van der Waals surface area (Å²) in [5.74, 6) is -0.514. The van der Waals surface area contributed by atoms with Gasteiger partial charge < -0.3 is 10.1 Å². The lowest BCUT2D eigenvalue weighted by molar-refractivity contribution is -0.146. The number of hydrogen-bond acceptors (Lipinski definition) is 5. The molecule has 1 fully saturated rings. The van der Waals surface area contributed by atoms with Crippen LogP contribution < -0.4 is 5.32 Å². The van der Waals surface area contributed by atoms with Gasteiger partial charge in [-0.05, 0) is 28.8 Å². The van der Waals surface area contributed by atoms with E-state index < -0.39 is 5.41 Å². The fourth-order valence-corrected chi connectivity index (χ4v) is 2.51. The summed E-state index contributed by atoms with van der Waals surface area (Å²) in [5.41, 5.74) is -0.139. The number of ether oxygens (including phenoxy) is 1. The van der Waals surface area contributed by atoms with Crippen molar-refractivity contribution >= 4 is 39.1 Å². The average Bonchev–Trinajstić information content (AvgIpc) is 3.00. The lowest BCUT2D eigenvalue weighted by Crippen LogP contribution is -2.35. The molecule has 1 N–H and O–H groups in total. The van der Waals surface area contributed by atoms with Crippen LogP contribution in [0.3, 0.4) is 0 Å². The molecule has 1 heterocycles. The van der Waals surface area contributed by atoms with Gasteiger partial charge in [0.2, 0.25) is 0 Å². The quantitative estimate of drug-likeness (QED) is 0.856. The van der Waals surface area contributed by atoms with Crippen LogP contribution in [-0.4, -0.2) is 30.5 Å². The van der Waals surface area contributed by atoms with Crippen molar-refractivity contribution < 1.29 is 14.3 Å². The third kappa shape index (κ3) is 2.66. The van der Waals surface area contributed by atoms with Gasteiger partial charge in [0.25, 0.3) is 5.91 Å². The Hall–Kier alpha value is -0.950. The van der Waals surface area contributed by atoms with E-state index in [1.54, 1.807) is 5.38 Å². The van der Waals surface area contributed by atoms with Gasteiger partial charge >= 0.3 is 5.97 Å². The molecule has 1 saturated carbocycles. The summed E-state index contributed by atoms with van der Waals surface area (Å²) >= 11 is 4.54. The van der Waals surface area contributed by atoms with Crippen molar-refractivity contribution in [2.75, 3.05) is 13.7 Å². The van der Waals surface area contributed by atoms with E-state index in [2.05, 4.69) is 26.2 Å². The number of methoxy groups -OCH3 is 1. The zero-order valence-electron chi connectivity index (χ0n) is 9.16. The second kappa shape index (κ2) is 4.73. The third-order valence-electron chi connectivity index (χ3n) is 2.77. The number of amides is 1. The van der Waals surface area contributed by atoms with E-state index >= 15 is 0 Å². The summed E-state index contributed by atoms with van der Waals surface area (Å²) in [4.78, 5) is 27.2. The molecule has 0 radical (unpaired) electrons. The number of carbonyl (C=O) groups is 2. The van der Waals surface area contributed by atoms with Crippen molar-refractivity contribution in [3.8, 4) is 0 Å². The lowest BCUT2D eigenvalue weighted by Gasteiger charge is -2.12. The smallest absolute Gasteiger partial charge is 0.313 e. The normalized spacial score (nSPS) is 16.4. The van der Waals surface area contributed by atoms with Crippen LogP contribution in [0, 0.1) is 5.41 Å². The molecule has 0 atom stereocenters. The Kier molecular flexibility index (Phi) is 3.48. The van der Waals surface area contributed by atoms with Gasteiger partial charge in [0, 0.05) is 11.9 Å². The maximum absolute atomic E-state index is 11.7. The van der Waals surface area contributed by atoms with Gasteiger partial charge in [0.1, 0.15) is 5.69 Å². The lowest BCUT2D eigenvalue weighted by atomic mass is 10.1. The Morgan fingerprint density at radius 2 is 2.35 bits per heavy atom. The Morgan fingerprint density at radius 3 is 2.82 bits per heavy atom. The van der Waals surface area contributed by atoms with Gasteiger partial charge in [-0.25, -0.2) is 4.98 Å². The molecule has 1 aromatic heterocycles. The van der Waals surface area contributed by atoms with Gasteiger partial charge in [-0.3, -0.25) is 9.59 Å². The molecule has 17 heavy (non-hydrogen) atoms. The highest BCUT2D eigenvalue weighted by atomic mass is 79.9. The SMILES string of the molecule is COC(=O)C1(CNC(=O)c2csc(Br)n2)CC1. The first-order valence-corrected chi connectivity index (χ1v) is 6.72. The number of nitrogens with one attached hydrogen (secondary N) is 1. The number of nitrogens with zero attached hydrogens (tertiary/aromatic N) is 1. The Morgan fingerprint density at radius 1 is 1.65 bits per heavy atom. The minimum atomic E-state index is -0.502. The van der Waals surface area contributed by atoms with Crippen LogP contribution in [0.15, 0.2) is 9.30 Å². The van der Waals surface area contributed by atoms with E-state index in [0.29, 0.717) is 16.2 Å². The fraction of sp³-hybridized carbons (Fsp3) is 0.500. The highest BCUT2D eigenvalue weighted by Gasteiger charge is 2.51. The number of aromatic nitrogens is 1. The van der Waals surface area contributed by atoms with Crippen LogP contribution in [0.4, 0.5) is 0 Å². The van der Waals surface area contributed by atoms with Gasteiger partial charge in [-0.1, -0.05) is 0 Å². The first kappa shape index (κ1) is 12.5. The Labute approximate surface area is 111 Å². The molecule has 0 aliphatic heterocycles. The van der Waals surface area contributed by atoms with Crippen molar-refractivity contribution in [1.82, 2.24) is 10.3 Å². The number of halogens is 1. The van der Waals surface area contributed by atoms with Gasteiger partial charge in [-0.15, -0.1) is 11.3 Å². The van der Waals surface area contributed by atoms with E-state index in [1.807, 2.05) is 0 Å². The highest BCUT2D eigenvalue weighted by Crippen LogP contribution is 2.46. The molecule has 1 aromatic rings. The van der Waals surface area contributed by atoms with Crippen molar-refractivity contribution in [2.45, 2.75) is 12.8 Å². The summed E-state index contributed by atoms with van der Waals surface area (Å²) < 4.78 is 5.37. The zero-order chi connectivity index (χ0) is 12.5. The predicted octanol–water partition coefficient (Wildman–Crippen LogP) is 1.59. The second-order valence-electron chi connectivity index (χ2n) is 3.94. The molecule has 0 spiro atoms. The third-order valence-corrected chi connectivity index (χ3v) is 4.13. The van der Waals surface area contributed by atoms with Crippen molar-refractivity contribution in [3.05, 3.63) is 15.0 Å². The molecule has 7 heteroatoms. The Balaban J connectivity index is 1.91. The van der Waals surface area contributed by atoms with Gasteiger partial charge in [0.05, 0.1) is 12.5 Å². The molecule has 2 rings (SSSR count). The molecular formula is C10H11BrN2O3S. The largest absolute Gasteiger partial charge is 0.469 e. The van der Waals surface area contributed by atoms with E-state index in [1.165, 1.54) is 18.4 Å². The molecule has 0 bridgehead atoms. The monoisotopic (exact) mass is 318 g/mol. The molecule has 1 amide bonds. The van der Waals surface area contributed by atoms with Crippen molar-refractivity contribution in [1.29, 1.82) is 0 Å². The van der Waals surface area contributed by atoms with Crippen LogP contribution in [0.1, 0.15) is 23.3 Å². The van der Waals surface area contributed by atoms with Crippen molar-refractivity contribution in [2.24, 2.45) is 5.41 Å². The molecule has 0 unspecified atom stereocenters. The molecule has 0 saturated heterocycles. The van der Waals surface area contributed by atoms with E-state index in [9.17, 15) is 9.59 Å². The van der Waals surface area contributed by atoms with Crippen molar-refractivity contribution in [3.63, 3.8) is 0 Å². The van der Waals surface area contributed by atoms with Crippen LogP contribution in [0.2, 0.25) is 0 Å². The zero-order valence-corrected chi connectivity index (χ0v) is 11.6. The first-order chi connectivity index (χ1) is 8.07. The Bertz CT molecular complexity index is 456. The number of carbonyl (C=O) groups excluding carboxylic acids is 2. The van der Waals surface area contributed by atoms with E-state index in [4.69, 9.17) is 4.74 Å². The fourth-order valence-electron chi connectivity index (χ4n) is 1.52. The number of hydrogen-bond donors (Lipinski definition) is 1. The van der Waals surface area contributed by atoms with Crippen LogP contribution in [0.25, 0.3) is 0 Å². The minimum Gasteiger partial charge on any atom is -0.469 e. The molecular weight excluding hydrogens is 308 g/mol. The number of esters is 1. The molecule has 0 aromatic carbocycles.